The maximum atomic E-state index is 12.9. The summed E-state index contributed by atoms with van der Waals surface area (Å²) in [5.41, 5.74) is 0.592. The van der Waals surface area contributed by atoms with Gasteiger partial charge in [0, 0.05) is 32.0 Å². The van der Waals surface area contributed by atoms with Gasteiger partial charge in [-0.15, -0.1) is 0 Å². The molecule has 3 heterocycles. The van der Waals surface area contributed by atoms with Crippen LogP contribution in [0.3, 0.4) is 0 Å². The third-order valence-corrected chi connectivity index (χ3v) is 5.74. The first kappa shape index (κ1) is 19.1. The summed E-state index contributed by atoms with van der Waals surface area (Å²) in [6, 6.07) is 3.41. The number of ether oxygens (including phenoxy) is 1. The fourth-order valence-corrected chi connectivity index (χ4v) is 4.18. The maximum Gasteiger partial charge on any atom is 0.256 e. The summed E-state index contributed by atoms with van der Waals surface area (Å²) in [7, 11) is 0. The molecule has 7 heteroatoms. The van der Waals surface area contributed by atoms with Crippen LogP contribution in [0.1, 0.15) is 73.1 Å². The minimum atomic E-state index is -0.165. The van der Waals surface area contributed by atoms with Crippen LogP contribution in [-0.2, 0) is 11.2 Å². The van der Waals surface area contributed by atoms with Crippen LogP contribution in [-0.4, -0.2) is 45.7 Å². The van der Waals surface area contributed by atoms with Crippen molar-refractivity contribution in [3.05, 3.63) is 41.8 Å². The van der Waals surface area contributed by atoms with Gasteiger partial charge in [-0.2, -0.15) is 4.98 Å². The van der Waals surface area contributed by atoms with Gasteiger partial charge in [-0.1, -0.05) is 18.0 Å². The number of nitrogens with zero attached hydrogens (tertiary/aromatic N) is 4. The molecule has 0 bridgehead atoms. The van der Waals surface area contributed by atoms with Gasteiger partial charge in [-0.05, 0) is 50.2 Å². The molecule has 2 aromatic rings. The normalized spacial score (nSPS) is 20.6. The zero-order chi connectivity index (χ0) is 19.2. The van der Waals surface area contributed by atoms with Crippen molar-refractivity contribution in [1.82, 2.24) is 20.0 Å². The molecule has 2 aromatic heterocycles. The van der Waals surface area contributed by atoms with E-state index < -0.39 is 0 Å². The van der Waals surface area contributed by atoms with E-state index in [9.17, 15) is 4.79 Å². The van der Waals surface area contributed by atoms with Crippen LogP contribution < -0.4 is 0 Å². The van der Waals surface area contributed by atoms with E-state index in [1.807, 2.05) is 4.90 Å². The average Bonchev–Trinajstić information content (AvgIpc) is 3.43. The second-order valence-corrected chi connectivity index (χ2v) is 7.78. The van der Waals surface area contributed by atoms with Crippen molar-refractivity contribution >= 4 is 5.91 Å². The summed E-state index contributed by atoms with van der Waals surface area (Å²) in [4.78, 5) is 23.4. The van der Waals surface area contributed by atoms with Crippen molar-refractivity contribution in [2.45, 2.75) is 57.4 Å². The summed E-state index contributed by atoms with van der Waals surface area (Å²) >= 11 is 0. The van der Waals surface area contributed by atoms with E-state index in [0.717, 1.165) is 31.8 Å². The predicted octanol–water partition coefficient (Wildman–Crippen LogP) is 3.58. The van der Waals surface area contributed by atoms with E-state index >= 15 is 0 Å². The van der Waals surface area contributed by atoms with Gasteiger partial charge in [0.05, 0.1) is 12.2 Å². The lowest BCUT2D eigenvalue weighted by Crippen LogP contribution is -2.38. The van der Waals surface area contributed by atoms with Crippen molar-refractivity contribution in [3.63, 3.8) is 0 Å². The summed E-state index contributed by atoms with van der Waals surface area (Å²) in [5, 5.41) is 4.11. The molecule has 1 aliphatic carbocycles. The Labute approximate surface area is 165 Å². The van der Waals surface area contributed by atoms with E-state index in [2.05, 4.69) is 15.1 Å². The quantitative estimate of drug-likeness (QED) is 0.679. The highest BCUT2D eigenvalue weighted by atomic mass is 16.5. The Hall–Kier alpha value is -2.28. The van der Waals surface area contributed by atoms with Crippen LogP contribution in [0.4, 0.5) is 0 Å². The molecular weight excluding hydrogens is 356 g/mol. The predicted molar refractivity (Wildman–Crippen MR) is 103 cm³/mol. The molecule has 1 aliphatic heterocycles. The van der Waals surface area contributed by atoms with Crippen molar-refractivity contribution in [2.75, 3.05) is 19.8 Å². The minimum Gasteiger partial charge on any atom is -0.381 e. The van der Waals surface area contributed by atoms with E-state index in [4.69, 9.17) is 9.26 Å². The molecule has 1 saturated carbocycles. The minimum absolute atomic E-state index is 0.0301. The number of piperidine rings is 1. The second-order valence-electron chi connectivity index (χ2n) is 7.78. The van der Waals surface area contributed by atoms with Gasteiger partial charge in [0.1, 0.15) is 6.04 Å². The van der Waals surface area contributed by atoms with Crippen LogP contribution in [0.15, 0.2) is 29.0 Å². The van der Waals surface area contributed by atoms with Crippen molar-refractivity contribution in [2.24, 2.45) is 5.92 Å². The second kappa shape index (κ2) is 9.28. The van der Waals surface area contributed by atoms with Crippen LogP contribution in [0.5, 0.6) is 0 Å². The highest BCUT2D eigenvalue weighted by Gasteiger charge is 2.32. The zero-order valence-electron chi connectivity index (χ0n) is 16.3. The van der Waals surface area contributed by atoms with Gasteiger partial charge in [0.15, 0.2) is 5.82 Å². The molecule has 0 N–H and O–H groups in total. The average molecular weight is 384 g/mol. The first-order chi connectivity index (χ1) is 13.8. The fourth-order valence-electron chi connectivity index (χ4n) is 4.18. The highest BCUT2D eigenvalue weighted by molar-refractivity contribution is 5.94. The smallest absolute Gasteiger partial charge is 0.256 e. The molecule has 7 nitrogen and oxygen atoms in total. The van der Waals surface area contributed by atoms with Crippen LogP contribution in [0.25, 0.3) is 0 Å². The number of likely N-dealkylation sites (tertiary alicyclic amines) is 1. The lowest BCUT2D eigenvalue weighted by atomic mass is 10.0. The SMILES string of the molecule is O=C(c1cccnc1)N1CCCCC1c1nc(CCOCC2CCCC2)no1. The summed E-state index contributed by atoms with van der Waals surface area (Å²) in [6.45, 7) is 2.14. The topological polar surface area (TPSA) is 81.4 Å². The molecule has 4 rings (SSSR count). The first-order valence-corrected chi connectivity index (χ1v) is 10.4. The summed E-state index contributed by atoms with van der Waals surface area (Å²) in [6.07, 6.45) is 12.0. The van der Waals surface area contributed by atoms with Crippen LogP contribution in [0, 0.1) is 5.92 Å². The molecular formula is C21H28N4O3. The number of rotatable bonds is 7. The van der Waals surface area contributed by atoms with Crippen LogP contribution >= 0.6 is 0 Å². The Morgan fingerprint density at radius 3 is 2.89 bits per heavy atom. The standard InChI is InChI=1S/C21H28N4O3/c26-21(17-8-5-11-22-14-17)25-12-4-3-9-18(25)20-23-19(24-28-20)10-13-27-15-16-6-1-2-7-16/h5,8,11,14,16,18H,1-4,6-7,9-10,12-13,15H2. The number of hydrogen-bond acceptors (Lipinski definition) is 6. The molecule has 1 amide bonds. The van der Waals surface area contributed by atoms with Crippen molar-refractivity contribution in [3.8, 4) is 0 Å². The van der Waals surface area contributed by atoms with Gasteiger partial charge in [0.25, 0.3) is 5.91 Å². The Balaban J connectivity index is 1.35. The number of carbonyl (C=O) groups is 1. The van der Waals surface area contributed by atoms with Gasteiger partial charge >= 0.3 is 0 Å². The number of amides is 1. The molecule has 150 valence electrons. The lowest BCUT2D eigenvalue weighted by Gasteiger charge is -2.33. The van der Waals surface area contributed by atoms with E-state index in [1.165, 1.54) is 25.7 Å². The third-order valence-electron chi connectivity index (χ3n) is 5.74. The fraction of sp³-hybridized carbons (Fsp3) is 0.619. The molecule has 0 spiro atoms. The molecule has 0 aromatic carbocycles. The van der Waals surface area contributed by atoms with Gasteiger partial charge < -0.3 is 14.2 Å². The molecule has 1 unspecified atom stereocenters. The van der Waals surface area contributed by atoms with E-state index in [1.54, 1.807) is 24.5 Å². The summed E-state index contributed by atoms with van der Waals surface area (Å²) < 4.78 is 11.3. The number of carbonyl (C=O) groups excluding carboxylic acids is 1. The molecule has 1 atom stereocenters. The maximum absolute atomic E-state index is 12.9. The first-order valence-electron chi connectivity index (χ1n) is 10.4. The van der Waals surface area contributed by atoms with Gasteiger partial charge in [-0.3, -0.25) is 9.78 Å². The number of aromatic nitrogens is 3. The Morgan fingerprint density at radius 2 is 2.07 bits per heavy atom. The number of hydrogen-bond donors (Lipinski definition) is 0. The molecule has 28 heavy (non-hydrogen) atoms. The lowest BCUT2D eigenvalue weighted by molar-refractivity contribution is 0.0561. The van der Waals surface area contributed by atoms with Crippen molar-refractivity contribution < 1.29 is 14.1 Å². The zero-order valence-corrected chi connectivity index (χ0v) is 16.3. The molecule has 1 saturated heterocycles. The Morgan fingerprint density at radius 1 is 1.21 bits per heavy atom. The monoisotopic (exact) mass is 384 g/mol. The largest absolute Gasteiger partial charge is 0.381 e. The highest BCUT2D eigenvalue weighted by Crippen LogP contribution is 2.31. The third kappa shape index (κ3) is 4.58. The number of pyridine rings is 1. The van der Waals surface area contributed by atoms with E-state index in [-0.39, 0.29) is 11.9 Å². The summed E-state index contributed by atoms with van der Waals surface area (Å²) in [5.74, 6) is 1.87. The van der Waals surface area contributed by atoms with Crippen LogP contribution in [0.2, 0.25) is 0 Å². The van der Waals surface area contributed by atoms with Gasteiger partial charge in [0.2, 0.25) is 5.89 Å². The van der Waals surface area contributed by atoms with E-state index in [0.29, 0.717) is 36.9 Å². The molecule has 0 radical (unpaired) electrons. The Kier molecular flexibility index (Phi) is 6.31. The molecule has 2 fully saturated rings. The van der Waals surface area contributed by atoms with Crippen molar-refractivity contribution in [1.29, 1.82) is 0 Å². The Bertz CT molecular complexity index is 758. The van der Waals surface area contributed by atoms with Gasteiger partial charge in [-0.25, -0.2) is 0 Å². The molecule has 2 aliphatic rings.